The first kappa shape index (κ1) is 22.9. The van der Waals surface area contributed by atoms with Gasteiger partial charge in [-0.2, -0.15) is 0 Å². The molecule has 1 aliphatic rings. The van der Waals surface area contributed by atoms with Crippen LogP contribution >= 0.6 is 0 Å². The Morgan fingerprint density at radius 3 is 1.85 bits per heavy atom. The first-order valence-corrected chi connectivity index (χ1v) is 10.5. The summed E-state index contributed by atoms with van der Waals surface area (Å²) < 4.78 is 10.8. The zero-order valence-corrected chi connectivity index (χ0v) is 17.1. The molecule has 1 aliphatic carbocycles. The Labute approximate surface area is 159 Å². The molecule has 1 fully saturated rings. The fraction of sp³-hybridized carbons (Fsp3) is 0.905. The van der Waals surface area contributed by atoms with Crippen molar-refractivity contribution >= 4 is 11.9 Å². The first-order chi connectivity index (χ1) is 12.5. The van der Waals surface area contributed by atoms with Crippen molar-refractivity contribution in [2.24, 2.45) is 11.8 Å². The van der Waals surface area contributed by atoms with E-state index in [4.69, 9.17) is 9.47 Å². The Bertz CT molecular complexity index is 391. The lowest BCUT2D eigenvalue weighted by molar-refractivity contribution is -0.147. The molecule has 0 spiro atoms. The van der Waals surface area contributed by atoms with E-state index in [1.807, 2.05) is 6.92 Å². The molecule has 5 nitrogen and oxygen atoms in total. The second-order valence-electron chi connectivity index (χ2n) is 7.76. The van der Waals surface area contributed by atoms with Gasteiger partial charge in [0.1, 0.15) is 0 Å². The van der Waals surface area contributed by atoms with Crippen LogP contribution in [0.2, 0.25) is 0 Å². The lowest BCUT2D eigenvalue weighted by Crippen LogP contribution is -2.26. The maximum Gasteiger partial charge on any atom is 0.307 e. The second kappa shape index (κ2) is 14.0. The highest BCUT2D eigenvalue weighted by Crippen LogP contribution is 2.29. The van der Waals surface area contributed by atoms with Crippen molar-refractivity contribution in [3.05, 3.63) is 0 Å². The number of hydrogen-bond acceptors (Lipinski definition) is 5. The quantitative estimate of drug-likeness (QED) is 0.360. The fourth-order valence-corrected chi connectivity index (χ4v) is 3.36. The van der Waals surface area contributed by atoms with Gasteiger partial charge in [0.25, 0.3) is 0 Å². The van der Waals surface area contributed by atoms with Crippen LogP contribution in [0.1, 0.15) is 78.1 Å². The summed E-state index contributed by atoms with van der Waals surface area (Å²) in [5.41, 5.74) is 0. The van der Waals surface area contributed by atoms with E-state index in [0.717, 1.165) is 45.2 Å². The summed E-state index contributed by atoms with van der Waals surface area (Å²) in [6.07, 6.45) is 9.72. The van der Waals surface area contributed by atoms with Crippen LogP contribution in [-0.4, -0.2) is 50.2 Å². The molecule has 0 aliphatic heterocycles. The maximum atomic E-state index is 11.9. The molecule has 0 saturated heterocycles. The van der Waals surface area contributed by atoms with Crippen molar-refractivity contribution in [1.29, 1.82) is 0 Å². The predicted octanol–water partition coefficient (Wildman–Crippen LogP) is 4.19. The molecular formula is C21H39NO4. The first-order valence-electron chi connectivity index (χ1n) is 10.5. The summed E-state index contributed by atoms with van der Waals surface area (Å²) in [5, 5.41) is 0. The molecule has 0 aromatic rings. The molecule has 0 N–H and O–H groups in total. The molecule has 0 heterocycles. The van der Waals surface area contributed by atoms with E-state index in [2.05, 4.69) is 18.9 Å². The van der Waals surface area contributed by atoms with Crippen LogP contribution in [0, 0.1) is 11.8 Å². The topological polar surface area (TPSA) is 55.8 Å². The third-order valence-corrected chi connectivity index (χ3v) is 5.22. The molecule has 0 amide bonds. The number of unbranched alkanes of at least 4 members (excludes halogenated alkanes) is 2. The van der Waals surface area contributed by atoms with Gasteiger partial charge in [-0.1, -0.05) is 26.7 Å². The van der Waals surface area contributed by atoms with Crippen LogP contribution < -0.4 is 0 Å². The summed E-state index contributed by atoms with van der Waals surface area (Å²) in [5.74, 6) is 0.773. The van der Waals surface area contributed by atoms with Gasteiger partial charge in [0.2, 0.25) is 0 Å². The van der Waals surface area contributed by atoms with Gasteiger partial charge >= 0.3 is 11.9 Å². The number of nitrogens with zero attached hydrogens (tertiary/aromatic N) is 1. The largest absolute Gasteiger partial charge is 0.465 e. The molecule has 0 aromatic carbocycles. The lowest BCUT2D eigenvalue weighted by Gasteiger charge is -2.28. The molecule has 0 radical (unpaired) electrons. The Kier molecular flexibility index (Phi) is 12.4. The van der Waals surface area contributed by atoms with Crippen molar-refractivity contribution in [2.75, 3.05) is 33.4 Å². The van der Waals surface area contributed by atoms with E-state index in [1.165, 1.54) is 19.3 Å². The third-order valence-electron chi connectivity index (χ3n) is 5.22. The number of carbonyl (C=O) groups excluding carboxylic acids is 2. The van der Waals surface area contributed by atoms with Gasteiger partial charge in [-0.3, -0.25) is 9.59 Å². The van der Waals surface area contributed by atoms with E-state index in [1.54, 1.807) is 0 Å². The third kappa shape index (κ3) is 10.8. The molecule has 0 unspecified atom stereocenters. The van der Waals surface area contributed by atoms with Crippen molar-refractivity contribution in [1.82, 2.24) is 4.90 Å². The summed E-state index contributed by atoms with van der Waals surface area (Å²) in [6.45, 7) is 7.10. The number of rotatable bonds is 13. The van der Waals surface area contributed by atoms with Crippen LogP contribution in [0.3, 0.4) is 0 Å². The number of hydrogen-bond donors (Lipinski definition) is 0. The van der Waals surface area contributed by atoms with Gasteiger partial charge in [-0.25, -0.2) is 0 Å². The maximum absolute atomic E-state index is 11.9. The zero-order valence-electron chi connectivity index (χ0n) is 17.1. The van der Waals surface area contributed by atoms with Gasteiger partial charge in [-0.15, -0.1) is 0 Å². The van der Waals surface area contributed by atoms with Crippen molar-refractivity contribution in [3.8, 4) is 0 Å². The summed E-state index contributed by atoms with van der Waals surface area (Å²) in [7, 11) is 2.07. The highest BCUT2D eigenvalue weighted by atomic mass is 16.5. The molecule has 1 saturated carbocycles. The van der Waals surface area contributed by atoms with E-state index in [0.29, 0.717) is 37.9 Å². The van der Waals surface area contributed by atoms with E-state index >= 15 is 0 Å². The highest BCUT2D eigenvalue weighted by Gasteiger charge is 2.23. The minimum Gasteiger partial charge on any atom is -0.465 e. The molecular weight excluding hydrogens is 330 g/mol. The van der Waals surface area contributed by atoms with Crippen LogP contribution in [0.15, 0.2) is 0 Å². The van der Waals surface area contributed by atoms with E-state index in [9.17, 15) is 9.59 Å². The molecule has 26 heavy (non-hydrogen) atoms. The molecule has 0 bridgehead atoms. The Balaban J connectivity index is 2.06. The zero-order chi connectivity index (χ0) is 19.2. The predicted molar refractivity (Wildman–Crippen MR) is 104 cm³/mol. The Morgan fingerprint density at radius 1 is 0.808 bits per heavy atom. The van der Waals surface area contributed by atoms with Gasteiger partial charge < -0.3 is 14.4 Å². The Hall–Kier alpha value is -1.10. The lowest BCUT2D eigenvalue weighted by atomic mass is 9.83. The van der Waals surface area contributed by atoms with Gasteiger partial charge in [0.15, 0.2) is 0 Å². The van der Waals surface area contributed by atoms with Crippen LogP contribution in [0.5, 0.6) is 0 Å². The minimum atomic E-state index is -0.0806. The number of ether oxygens (including phenoxy) is 2. The van der Waals surface area contributed by atoms with Gasteiger partial charge in [-0.05, 0) is 64.0 Å². The fourth-order valence-electron chi connectivity index (χ4n) is 3.36. The molecule has 0 atom stereocenters. The molecule has 152 valence electrons. The standard InChI is InChI=1S/C21H39NO4/c1-4-6-7-14-22(3)15-13-21(24)26-17-19-11-9-18(10-12-19)16-25-20(23)8-5-2/h18-19H,4-17H2,1-3H3. The van der Waals surface area contributed by atoms with Crippen molar-refractivity contribution in [2.45, 2.75) is 78.1 Å². The van der Waals surface area contributed by atoms with Gasteiger partial charge in [0, 0.05) is 13.0 Å². The SMILES string of the molecule is CCCCCN(C)CCC(=O)OCC1CCC(COC(=O)CCC)CC1. The van der Waals surface area contributed by atoms with Crippen molar-refractivity contribution < 1.29 is 19.1 Å². The summed E-state index contributed by atoms with van der Waals surface area (Å²) in [6, 6.07) is 0. The van der Waals surface area contributed by atoms with Gasteiger partial charge in [0.05, 0.1) is 19.6 Å². The molecule has 1 rings (SSSR count). The normalized spacial score (nSPS) is 20.2. The minimum absolute atomic E-state index is 0.0804. The van der Waals surface area contributed by atoms with Crippen LogP contribution in [0.25, 0.3) is 0 Å². The highest BCUT2D eigenvalue weighted by molar-refractivity contribution is 5.69. The monoisotopic (exact) mass is 369 g/mol. The van der Waals surface area contributed by atoms with Crippen LogP contribution in [0.4, 0.5) is 0 Å². The van der Waals surface area contributed by atoms with Crippen molar-refractivity contribution in [3.63, 3.8) is 0 Å². The summed E-state index contributed by atoms with van der Waals surface area (Å²) in [4.78, 5) is 25.6. The van der Waals surface area contributed by atoms with E-state index in [-0.39, 0.29) is 11.9 Å². The number of esters is 2. The number of carbonyl (C=O) groups is 2. The van der Waals surface area contributed by atoms with E-state index < -0.39 is 0 Å². The molecule has 0 aromatic heterocycles. The molecule has 5 heteroatoms. The summed E-state index contributed by atoms with van der Waals surface area (Å²) >= 11 is 0. The average molecular weight is 370 g/mol. The average Bonchev–Trinajstić information content (AvgIpc) is 2.64. The Morgan fingerprint density at radius 2 is 1.35 bits per heavy atom. The smallest absolute Gasteiger partial charge is 0.307 e. The van der Waals surface area contributed by atoms with Crippen LogP contribution in [-0.2, 0) is 19.1 Å². The second-order valence-corrected chi connectivity index (χ2v) is 7.76.